The second-order valence-corrected chi connectivity index (χ2v) is 6.28. The van der Waals surface area contributed by atoms with Crippen molar-refractivity contribution in [2.24, 2.45) is 0 Å². The van der Waals surface area contributed by atoms with Crippen molar-refractivity contribution < 1.29 is 22.0 Å². The van der Waals surface area contributed by atoms with Crippen LogP contribution in [0.25, 0.3) is 0 Å². The van der Waals surface area contributed by atoms with E-state index in [0.717, 1.165) is 18.2 Å². The summed E-state index contributed by atoms with van der Waals surface area (Å²) in [4.78, 5) is 14.7. The van der Waals surface area contributed by atoms with Gasteiger partial charge in [0.1, 0.15) is 11.6 Å². The van der Waals surface area contributed by atoms with Gasteiger partial charge in [0, 0.05) is 6.92 Å². The molecule has 22 heavy (non-hydrogen) atoms. The first-order valence-electron chi connectivity index (χ1n) is 6.26. The standard InChI is InChI=1S/C13H14FN3O4S/c1-8-6-15-13(21-8)7-16-22(19,20)10-3-4-11(14)12(5-10)17-9(2)18/h3-6,16H,7H2,1-2H3,(H,17,18). The fourth-order valence-electron chi connectivity index (χ4n) is 1.68. The van der Waals surface area contributed by atoms with E-state index in [1.807, 2.05) is 0 Å². The number of benzene rings is 1. The summed E-state index contributed by atoms with van der Waals surface area (Å²) in [5, 5.41) is 2.23. The average Bonchev–Trinajstić information content (AvgIpc) is 2.84. The SMILES string of the molecule is CC(=O)Nc1cc(S(=O)(=O)NCc2ncc(C)o2)ccc1F. The van der Waals surface area contributed by atoms with Gasteiger partial charge in [-0.25, -0.2) is 22.5 Å². The number of oxazole rings is 1. The van der Waals surface area contributed by atoms with Gasteiger partial charge >= 0.3 is 0 Å². The highest BCUT2D eigenvalue weighted by molar-refractivity contribution is 7.89. The largest absolute Gasteiger partial charge is 0.445 e. The molecule has 0 atom stereocenters. The Bertz CT molecular complexity index is 801. The number of sulfonamides is 1. The molecule has 1 aromatic carbocycles. The summed E-state index contributed by atoms with van der Waals surface area (Å²) in [6.07, 6.45) is 1.47. The number of aromatic nitrogens is 1. The van der Waals surface area contributed by atoms with E-state index in [0.29, 0.717) is 5.76 Å². The number of carbonyl (C=O) groups is 1. The van der Waals surface area contributed by atoms with Crippen LogP contribution in [0.15, 0.2) is 33.7 Å². The van der Waals surface area contributed by atoms with Gasteiger partial charge in [-0.3, -0.25) is 4.79 Å². The van der Waals surface area contributed by atoms with Crippen LogP contribution in [-0.4, -0.2) is 19.3 Å². The van der Waals surface area contributed by atoms with Crippen molar-refractivity contribution in [2.45, 2.75) is 25.3 Å². The monoisotopic (exact) mass is 327 g/mol. The predicted octanol–water partition coefficient (Wildman–Crippen LogP) is 1.56. The number of rotatable bonds is 5. The molecule has 0 fully saturated rings. The first-order valence-corrected chi connectivity index (χ1v) is 7.74. The molecule has 1 amide bonds. The first-order chi connectivity index (χ1) is 10.3. The van der Waals surface area contributed by atoms with Crippen LogP contribution >= 0.6 is 0 Å². The van der Waals surface area contributed by atoms with Crippen molar-refractivity contribution in [1.29, 1.82) is 0 Å². The smallest absolute Gasteiger partial charge is 0.241 e. The molecule has 0 bridgehead atoms. The summed E-state index contributed by atoms with van der Waals surface area (Å²) in [6.45, 7) is 2.75. The molecule has 0 radical (unpaired) electrons. The van der Waals surface area contributed by atoms with Crippen molar-refractivity contribution in [1.82, 2.24) is 9.71 Å². The molecule has 2 aromatic rings. The van der Waals surface area contributed by atoms with Gasteiger partial charge in [-0.2, -0.15) is 0 Å². The molecule has 1 aromatic heterocycles. The second kappa shape index (κ2) is 6.24. The van der Waals surface area contributed by atoms with E-state index in [1.54, 1.807) is 6.92 Å². The van der Waals surface area contributed by atoms with E-state index in [9.17, 15) is 17.6 Å². The number of nitrogens with zero attached hydrogens (tertiary/aromatic N) is 1. The van der Waals surface area contributed by atoms with Crippen molar-refractivity contribution in [3.63, 3.8) is 0 Å². The summed E-state index contributed by atoms with van der Waals surface area (Å²) >= 11 is 0. The number of hydrogen-bond acceptors (Lipinski definition) is 5. The van der Waals surface area contributed by atoms with Crippen LogP contribution in [0.3, 0.4) is 0 Å². The number of halogens is 1. The second-order valence-electron chi connectivity index (χ2n) is 4.51. The molecule has 0 aliphatic heterocycles. The van der Waals surface area contributed by atoms with Gasteiger partial charge in [-0.05, 0) is 25.1 Å². The lowest BCUT2D eigenvalue weighted by Crippen LogP contribution is -2.23. The minimum Gasteiger partial charge on any atom is -0.445 e. The van der Waals surface area contributed by atoms with Crippen molar-refractivity contribution in [3.05, 3.63) is 41.9 Å². The third-order valence-corrected chi connectivity index (χ3v) is 4.04. The molecule has 0 saturated carbocycles. The number of carbonyl (C=O) groups excluding carboxylic acids is 1. The summed E-state index contributed by atoms with van der Waals surface area (Å²) in [5.74, 6) is -0.455. The molecule has 118 valence electrons. The maximum Gasteiger partial charge on any atom is 0.241 e. The zero-order chi connectivity index (χ0) is 16.3. The summed E-state index contributed by atoms with van der Waals surface area (Å²) in [7, 11) is -3.89. The lowest BCUT2D eigenvalue weighted by molar-refractivity contribution is -0.114. The van der Waals surface area contributed by atoms with Gasteiger partial charge in [-0.15, -0.1) is 0 Å². The molecule has 0 aliphatic carbocycles. The first kappa shape index (κ1) is 16.1. The topological polar surface area (TPSA) is 101 Å². The van der Waals surface area contributed by atoms with Crippen LogP contribution in [0.1, 0.15) is 18.6 Å². The van der Waals surface area contributed by atoms with Crippen LogP contribution in [-0.2, 0) is 21.4 Å². The molecule has 2 N–H and O–H groups in total. The van der Waals surface area contributed by atoms with E-state index in [-0.39, 0.29) is 23.0 Å². The normalized spacial score (nSPS) is 11.4. The van der Waals surface area contributed by atoms with Gasteiger partial charge < -0.3 is 9.73 Å². The molecule has 0 unspecified atom stereocenters. The average molecular weight is 327 g/mol. The maximum atomic E-state index is 13.5. The number of amides is 1. The van der Waals surface area contributed by atoms with E-state index < -0.39 is 21.7 Å². The van der Waals surface area contributed by atoms with Gasteiger partial charge in [-0.1, -0.05) is 0 Å². The Kier molecular flexibility index (Phi) is 4.57. The number of anilines is 1. The third kappa shape index (κ3) is 3.89. The zero-order valence-electron chi connectivity index (χ0n) is 11.9. The van der Waals surface area contributed by atoms with Gasteiger partial charge in [0.15, 0.2) is 0 Å². The third-order valence-electron chi connectivity index (χ3n) is 2.64. The summed E-state index contributed by atoms with van der Waals surface area (Å²) in [6, 6.07) is 3.11. The Labute approximate surface area is 126 Å². The molecule has 1 heterocycles. The molecule has 0 aliphatic rings. The quantitative estimate of drug-likeness (QED) is 0.868. The Morgan fingerprint density at radius 3 is 2.73 bits per heavy atom. The maximum absolute atomic E-state index is 13.5. The van der Waals surface area contributed by atoms with E-state index in [2.05, 4.69) is 15.0 Å². The van der Waals surface area contributed by atoms with E-state index in [1.165, 1.54) is 13.1 Å². The zero-order valence-corrected chi connectivity index (χ0v) is 12.7. The molecule has 9 heteroatoms. The summed E-state index contributed by atoms with van der Waals surface area (Å²) < 4.78 is 45.2. The van der Waals surface area contributed by atoms with Gasteiger partial charge in [0.2, 0.25) is 21.8 Å². The Hall–Kier alpha value is -2.26. The molecule has 0 spiro atoms. The molecular weight excluding hydrogens is 313 g/mol. The van der Waals surface area contributed by atoms with Crippen molar-refractivity contribution >= 4 is 21.6 Å². The molecule has 0 saturated heterocycles. The highest BCUT2D eigenvalue weighted by Crippen LogP contribution is 2.19. The van der Waals surface area contributed by atoms with Crippen LogP contribution in [0, 0.1) is 12.7 Å². The van der Waals surface area contributed by atoms with Gasteiger partial charge in [0.05, 0.1) is 23.3 Å². The number of nitrogens with one attached hydrogen (secondary N) is 2. The van der Waals surface area contributed by atoms with Crippen LogP contribution in [0.2, 0.25) is 0 Å². The highest BCUT2D eigenvalue weighted by atomic mass is 32.2. The minimum atomic E-state index is -3.89. The fourth-order valence-corrected chi connectivity index (χ4v) is 2.68. The predicted molar refractivity (Wildman–Crippen MR) is 76.0 cm³/mol. The Morgan fingerprint density at radius 1 is 1.41 bits per heavy atom. The highest BCUT2D eigenvalue weighted by Gasteiger charge is 2.17. The fraction of sp³-hybridized carbons (Fsp3) is 0.231. The lowest BCUT2D eigenvalue weighted by atomic mass is 10.3. The number of aryl methyl sites for hydroxylation is 1. The van der Waals surface area contributed by atoms with Crippen LogP contribution in [0.4, 0.5) is 10.1 Å². The van der Waals surface area contributed by atoms with Crippen molar-refractivity contribution in [3.8, 4) is 0 Å². The Morgan fingerprint density at radius 2 is 2.14 bits per heavy atom. The molecule has 7 nitrogen and oxygen atoms in total. The van der Waals surface area contributed by atoms with Crippen LogP contribution in [0.5, 0.6) is 0 Å². The minimum absolute atomic E-state index is 0.136. The lowest BCUT2D eigenvalue weighted by Gasteiger charge is -2.08. The van der Waals surface area contributed by atoms with Crippen molar-refractivity contribution in [2.75, 3.05) is 5.32 Å². The molecular formula is C13H14FN3O4S. The molecule has 2 rings (SSSR count). The summed E-state index contributed by atoms with van der Waals surface area (Å²) in [5.41, 5.74) is -0.206. The van der Waals surface area contributed by atoms with Crippen LogP contribution < -0.4 is 10.0 Å². The van der Waals surface area contributed by atoms with E-state index in [4.69, 9.17) is 4.42 Å². The van der Waals surface area contributed by atoms with Gasteiger partial charge in [0.25, 0.3) is 0 Å². The Balaban J connectivity index is 2.19. The van der Waals surface area contributed by atoms with E-state index >= 15 is 0 Å². The number of hydrogen-bond donors (Lipinski definition) is 2.